The monoisotopic (exact) mass is 416 g/mol. The molecular weight excluding hydrogens is 392 g/mol. The van der Waals surface area contributed by atoms with Crippen LogP contribution < -0.4 is 16.4 Å². The molecule has 2 heterocycles. The first-order chi connectivity index (χ1) is 14.9. The Hall–Kier alpha value is -3.87. The van der Waals surface area contributed by atoms with Gasteiger partial charge >= 0.3 is 0 Å². The van der Waals surface area contributed by atoms with Crippen molar-refractivity contribution in [1.82, 2.24) is 20.5 Å². The van der Waals surface area contributed by atoms with Crippen LogP contribution in [0.5, 0.6) is 0 Å². The molecule has 0 fully saturated rings. The highest BCUT2D eigenvalue weighted by atomic mass is 16.2. The molecule has 4 aromatic rings. The summed E-state index contributed by atoms with van der Waals surface area (Å²) < 4.78 is 0. The standard InChI is InChI=1S/C24H24N4O3/c1-14-8-10-17(11-9-14)21(16-6-4-3-5-7-16)25-19(29)13-12-18-15(2)20-22(26-23(18)30)27-28-24(20)31/h3-11,21H,12-13H2,1-2H3,(H,25,29)(H3,26,27,28,30,31). The second-order valence-corrected chi connectivity index (χ2v) is 7.71. The predicted molar refractivity (Wildman–Crippen MR) is 120 cm³/mol. The van der Waals surface area contributed by atoms with Crippen molar-refractivity contribution in [3.05, 3.63) is 103 Å². The lowest BCUT2D eigenvalue weighted by molar-refractivity contribution is -0.121. The summed E-state index contributed by atoms with van der Waals surface area (Å²) in [5, 5.41) is 8.64. The Balaban J connectivity index is 1.56. The van der Waals surface area contributed by atoms with Gasteiger partial charge in [-0.15, -0.1) is 0 Å². The van der Waals surface area contributed by atoms with Gasteiger partial charge in [-0.3, -0.25) is 24.6 Å². The summed E-state index contributed by atoms with van der Waals surface area (Å²) in [7, 11) is 0. The topological polar surface area (TPSA) is 111 Å². The van der Waals surface area contributed by atoms with E-state index in [1.807, 2.05) is 61.5 Å². The third-order valence-corrected chi connectivity index (χ3v) is 5.57. The minimum atomic E-state index is -0.300. The SMILES string of the molecule is Cc1ccc(C(NC(=O)CCc2c(C)c3c(=O)[nH][nH]c3[nH]c2=O)c2ccccc2)cc1. The molecule has 0 aliphatic rings. The van der Waals surface area contributed by atoms with Gasteiger partial charge < -0.3 is 10.3 Å². The zero-order valence-electron chi connectivity index (χ0n) is 17.4. The molecular formula is C24H24N4O3. The zero-order chi connectivity index (χ0) is 22.0. The Morgan fingerprint density at radius 2 is 1.58 bits per heavy atom. The molecule has 4 N–H and O–H groups in total. The second kappa shape index (κ2) is 8.47. The number of fused-ring (bicyclic) bond motifs is 1. The van der Waals surface area contributed by atoms with Crippen LogP contribution in [0.25, 0.3) is 11.0 Å². The van der Waals surface area contributed by atoms with E-state index in [4.69, 9.17) is 0 Å². The molecule has 0 spiro atoms. The molecule has 2 aromatic heterocycles. The summed E-state index contributed by atoms with van der Waals surface area (Å²) in [4.78, 5) is 40.0. The molecule has 0 saturated heterocycles. The lowest BCUT2D eigenvalue weighted by atomic mass is 9.97. The quantitative estimate of drug-likeness (QED) is 0.388. The summed E-state index contributed by atoms with van der Waals surface area (Å²) in [6.07, 6.45) is 0.371. The number of benzene rings is 2. The molecule has 0 radical (unpaired) electrons. The number of carbonyl (C=O) groups excluding carboxylic acids is 1. The van der Waals surface area contributed by atoms with Crippen LogP contribution >= 0.6 is 0 Å². The van der Waals surface area contributed by atoms with Crippen molar-refractivity contribution in [1.29, 1.82) is 0 Å². The lowest BCUT2D eigenvalue weighted by Crippen LogP contribution is -2.30. The third-order valence-electron chi connectivity index (χ3n) is 5.57. The molecule has 0 aliphatic heterocycles. The summed E-state index contributed by atoms with van der Waals surface area (Å²) >= 11 is 0. The lowest BCUT2D eigenvalue weighted by Gasteiger charge is -2.20. The van der Waals surface area contributed by atoms with Gasteiger partial charge in [0.1, 0.15) is 5.65 Å². The molecule has 7 nitrogen and oxygen atoms in total. The number of hydrogen-bond acceptors (Lipinski definition) is 3. The number of aryl methyl sites for hydroxylation is 2. The summed E-state index contributed by atoms with van der Waals surface area (Å²) in [5.74, 6) is -0.170. The Labute approximate surface area is 178 Å². The molecule has 4 rings (SSSR count). The van der Waals surface area contributed by atoms with Crippen LogP contribution in [0.1, 0.15) is 40.3 Å². The van der Waals surface area contributed by atoms with Crippen molar-refractivity contribution >= 4 is 16.9 Å². The van der Waals surface area contributed by atoms with Gasteiger partial charge in [0.2, 0.25) is 5.91 Å². The summed E-state index contributed by atoms with van der Waals surface area (Å²) in [5.41, 5.74) is 3.92. The van der Waals surface area contributed by atoms with Crippen LogP contribution in [0.2, 0.25) is 0 Å². The van der Waals surface area contributed by atoms with Crippen molar-refractivity contribution in [2.24, 2.45) is 0 Å². The molecule has 1 atom stereocenters. The molecule has 158 valence electrons. The van der Waals surface area contributed by atoms with E-state index < -0.39 is 0 Å². The Morgan fingerprint density at radius 1 is 0.903 bits per heavy atom. The van der Waals surface area contributed by atoms with Crippen LogP contribution in [-0.4, -0.2) is 21.1 Å². The first-order valence-corrected chi connectivity index (χ1v) is 10.2. The van der Waals surface area contributed by atoms with Crippen molar-refractivity contribution < 1.29 is 4.79 Å². The summed E-state index contributed by atoms with van der Waals surface area (Å²) in [6.45, 7) is 3.75. The van der Waals surface area contributed by atoms with E-state index in [0.717, 1.165) is 16.7 Å². The number of H-pyrrole nitrogens is 3. The van der Waals surface area contributed by atoms with Crippen LogP contribution in [-0.2, 0) is 11.2 Å². The summed E-state index contributed by atoms with van der Waals surface area (Å²) in [6, 6.07) is 17.5. The van der Waals surface area contributed by atoms with E-state index in [0.29, 0.717) is 22.2 Å². The minimum absolute atomic E-state index is 0.132. The average molecular weight is 416 g/mol. The molecule has 1 amide bonds. The minimum Gasteiger partial charge on any atom is -0.345 e. The normalized spacial score (nSPS) is 12.1. The number of nitrogens with one attached hydrogen (secondary N) is 4. The van der Waals surface area contributed by atoms with E-state index in [-0.39, 0.29) is 35.9 Å². The number of pyridine rings is 1. The molecule has 0 bridgehead atoms. The maximum atomic E-state index is 12.8. The van der Waals surface area contributed by atoms with E-state index in [9.17, 15) is 14.4 Å². The molecule has 7 heteroatoms. The first kappa shape index (κ1) is 20.4. The van der Waals surface area contributed by atoms with Crippen molar-refractivity contribution in [3.63, 3.8) is 0 Å². The van der Waals surface area contributed by atoms with Gasteiger partial charge in [-0.05, 0) is 37.0 Å². The van der Waals surface area contributed by atoms with Crippen molar-refractivity contribution in [3.8, 4) is 0 Å². The van der Waals surface area contributed by atoms with E-state index >= 15 is 0 Å². The van der Waals surface area contributed by atoms with Crippen LogP contribution in [0.15, 0.2) is 64.2 Å². The third kappa shape index (κ3) is 4.21. The molecule has 0 aliphatic carbocycles. The van der Waals surface area contributed by atoms with Gasteiger partial charge in [0.25, 0.3) is 11.1 Å². The van der Waals surface area contributed by atoms with Gasteiger partial charge in [-0.25, -0.2) is 0 Å². The number of amides is 1. The van der Waals surface area contributed by atoms with E-state index in [1.165, 1.54) is 0 Å². The van der Waals surface area contributed by atoms with E-state index in [1.54, 1.807) is 6.92 Å². The highest BCUT2D eigenvalue weighted by Gasteiger charge is 2.18. The maximum absolute atomic E-state index is 12.8. The largest absolute Gasteiger partial charge is 0.345 e. The number of rotatable bonds is 6. The first-order valence-electron chi connectivity index (χ1n) is 10.2. The fourth-order valence-corrected chi connectivity index (χ4v) is 3.86. The highest BCUT2D eigenvalue weighted by Crippen LogP contribution is 2.23. The number of carbonyl (C=O) groups is 1. The fraction of sp³-hybridized carbons (Fsp3) is 0.208. The molecule has 31 heavy (non-hydrogen) atoms. The number of aromatic amines is 3. The van der Waals surface area contributed by atoms with Crippen LogP contribution in [0, 0.1) is 13.8 Å². The number of aromatic nitrogens is 3. The highest BCUT2D eigenvalue weighted by molar-refractivity contribution is 5.80. The molecule has 1 unspecified atom stereocenters. The fourth-order valence-electron chi connectivity index (χ4n) is 3.86. The Kier molecular flexibility index (Phi) is 5.58. The zero-order valence-corrected chi connectivity index (χ0v) is 17.4. The van der Waals surface area contributed by atoms with Gasteiger partial charge in [-0.2, -0.15) is 0 Å². The molecule has 0 saturated carbocycles. The Bertz CT molecular complexity index is 1330. The van der Waals surface area contributed by atoms with Gasteiger partial charge in [0.15, 0.2) is 0 Å². The number of hydrogen-bond donors (Lipinski definition) is 4. The smallest absolute Gasteiger partial charge is 0.273 e. The predicted octanol–water partition coefficient (Wildman–Crippen LogP) is 3.00. The van der Waals surface area contributed by atoms with Crippen LogP contribution in [0.3, 0.4) is 0 Å². The maximum Gasteiger partial charge on any atom is 0.273 e. The van der Waals surface area contributed by atoms with Crippen LogP contribution in [0.4, 0.5) is 0 Å². The van der Waals surface area contributed by atoms with E-state index in [2.05, 4.69) is 20.5 Å². The Morgan fingerprint density at radius 3 is 2.29 bits per heavy atom. The van der Waals surface area contributed by atoms with Crippen molar-refractivity contribution in [2.75, 3.05) is 0 Å². The van der Waals surface area contributed by atoms with Crippen molar-refractivity contribution in [2.45, 2.75) is 32.7 Å². The van der Waals surface area contributed by atoms with Gasteiger partial charge in [-0.1, -0.05) is 60.2 Å². The van der Waals surface area contributed by atoms with Gasteiger partial charge in [0, 0.05) is 12.0 Å². The second-order valence-electron chi connectivity index (χ2n) is 7.71. The molecule has 2 aromatic carbocycles. The van der Waals surface area contributed by atoms with Gasteiger partial charge in [0.05, 0.1) is 11.4 Å². The average Bonchev–Trinajstić information content (AvgIpc) is 3.13.